The van der Waals surface area contributed by atoms with Crippen LogP contribution in [0.2, 0.25) is 0 Å². The summed E-state index contributed by atoms with van der Waals surface area (Å²) >= 11 is 0. The molecule has 2 nitrogen and oxygen atoms in total. The van der Waals surface area contributed by atoms with Gasteiger partial charge in [-0.15, -0.1) is 0 Å². The Morgan fingerprint density at radius 3 is 2.67 bits per heavy atom. The molecule has 5 atom stereocenters. The van der Waals surface area contributed by atoms with Crippen LogP contribution in [0.4, 0.5) is 0 Å². The van der Waals surface area contributed by atoms with Crippen molar-refractivity contribution < 1.29 is 9.22 Å². The fraction of sp³-hybridized carbons (Fsp3) is 0.643. The van der Waals surface area contributed by atoms with Crippen LogP contribution in [0.25, 0.3) is 10.8 Å². The second kappa shape index (κ2) is 7.64. The molecule has 2 aliphatic heterocycles. The first-order valence-corrected chi connectivity index (χ1v) is 12.5. The van der Waals surface area contributed by atoms with E-state index in [0.717, 1.165) is 12.5 Å². The Labute approximate surface area is 183 Å². The third kappa shape index (κ3) is 2.98. The number of rotatable bonds is 8. The van der Waals surface area contributed by atoms with E-state index >= 15 is 0 Å². The first kappa shape index (κ1) is 20.5. The second-order valence-corrected chi connectivity index (χ2v) is 10.9. The van der Waals surface area contributed by atoms with Gasteiger partial charge in [0.15, 0.2) is 0 Å². The molecule has 0 amide bonds. The molecular formula is C28H40NO+. The van der Waals surface area contributed by atoms with E-state index in [4.69, 9.17) is 4.74 Å². The third-order valence-corrected chi connectivity index (χ3v) is 9.40. The Morgan fingerprint density at radius 1 is 0.967 bits per heavy atom. The highest BCUT2D eigenvalue weighted by Crippen LogP contribution is 2.64. The summed E-state index contributed by atoms with van der Waals surface area (Å²) in [5, 5.41) is 2.83. The van der Waals surface area contributed by atoms with Crippen LogP contribution < -0.4 is 0 Å². The molecule has 5 rings (SSSR count). The number of fused-ring (bicyclic) bond motifs is 1. The molecule has 2 saturated heterocycles. The lowest BCUT2D eigenvalue weighted by molar-refractivity contribution is -0.966. The Balaban J connectivity index is 1.45. The summed E-state index contributed by atoms with van der Waals surface area (Å²) in [6, 6.07) is 15.9. The van der Waals surface area contributed by atoms with E-state index in [9.17, 15) is 0 Å². The SMILES string of the molecule is CCCCCCO[C@]1(C)C[N@+]2(Cc3cccc4ccccc34)CC[C@@H]3CC[C@H]1[C@@]32C. The van der Waals surface area contributed by atoms with Crippen molar-refractivity contribution in [3.8, 4) is 0 Å². The van der Waals surface area contributed by atoms with Crippen LogP contribution in [0.3, 0.4) is 0 Å². The largest absolute Gasteiger partial charge is 0.369 e. The molecule has 0 bridgehead atoms. The van der Waals surface area contributed by atoms with Crippen LogP contribution in [-0.2, 0) is 11.3 Å². The maximum atomic E-state index is 6.80. The van der Waals surface area contributed by atoms with Gasteiger partial charge in [0.25, 0.3) is 0 Å². The zero-order valence-corrected chi connectivity index (χ0v) is 19.3. The van der Waals surface area contributed by atoms with Crippen molar-refractivity contribution in [2.75, 3.05) is 19.7 Å². The van der Waals surface area contributed by atoms with Gasteiger partial charge in [-0.3, -0.25) is 0 Å². The van der Waals surface area contributed by atoms with Crippen LogP contribution in [0.5, 0.6) is 0 Å². The predicted molar refractivity (Wildman–Crippen MR) is 125 cm³/mol. The number of hydrogen-bond donors (Lipinski definition) is 0. The highest BCUT2D eigenvalue weighted by molar-refractivity contribution is 5.85. The van der Waals surface area contributed by atoms with Crippen molar-refractivity contribution in [1.82, 2.24) is 0 Å². The molecule has 1 aliphatic carbocycles. The normalized spacial score (nSPS) is 37.2. The lowest BCUT2D eigenvalue weighted by Gasteiger charge is -2.44. The van der Waals surface area contributed by atoms with Gasteiger partial charge in [0.1, 0.15) is 24.2 Å². The van der Waals surface area contributed by atoms with Crippen LogP contribution in [0, 0.1) is 11.8 Å². The standard InChI is InChI=1S/C28H40NO/c1-4-5-6-9-19-30-27(2)21-29(18-17-24-15-16-26(27)28(24,29)3)20-23-13-10-12-22-11-7-8-14-25(22)23/h7-8,10-14,24,26H,4-6,9,15-21H2,1-3H3/q+1/t24-,26+,27+,28+,29+/m0/s1. The van der Waals surface area contributed by atoms with Gasteiger partial charge in [-0.1, -0.05) is 68.7 Å². The summed E-state index contributed by atoms with van der Waals surface area (Å²) in [5.74, 6) is 1.58. The molecule has 2 aromatic carbocycles. The number of nitrogens with zero attached hydrogens (tertiary/aromatic N) is 1. The lowest BCUT2D eigenvalue weighted by Crippen LogP contribution is -2.57. The van der Waals surface area contributed by atoms with Gasteiger partial charge in [-0.2, -0.15) is 0 Å². The van der Waals surface area contributed by atoms with E-state index in [-0.39, 0.29) is 5.60 Å². The van der Waals surface area contributed by atoms with E-state index in [2.05, 4.69) is 63.2 Å². The van der Waals surface area contributed by atoms with Gasteiger partial charge in [0.05, 0.1) is 6.54 Å². The smallest absolute Gasteiger partial charge is 0.123 e. The summed E-state index contributed by atoms with van der Waals surface area (Å²) in [4.78, 5) is 0. The fourth-order valence-electron chi connectivity index (χ4n) is 7.96. The van der Waals surface area contributed by atoms with Gasteiger partial charge in [0, 0.05) is 30.4 Å². The summed E-state index contributed by atoms with van der Waals surface area (Å²) in [5.41, 5.74) is 1.96. The van der Waals surface area contributed by atoms with Gasteiger partial charge in [-0.25, -0.2) is 0 Å². The van der Waals surface area contributed by atoms with Gasteiger partial charge >= 0.3 is 0 Å². The van der Waals surface area contributed by atoms with Crippen molar-refractivity contribution in [3.63, 3.8) is 0 Å². The first-order valence-electron chi connectivity index (χ1n) is 12.5. The summed E-state index contributed by atoms with van der Waals surface area (Å²) in [6.07, 6.45) is 9.35. The minimum atomic E-state index is 0.0424. The summed E-state index contributed by atoms with van der Waals surface area (Å²) in [6.45, 7) is 12.0. The molecule has 30 heavy (non-hydrogen) atoms. The Kier molecular flexibility index (Phi) is 5.22. The summed E-state index contributed by atoms with van der Waals surface area (Å²) in [7, 11) is 0. The molecule has 3 fully saturated rings. The van der Waals surface area contributed by atoms with E-state index in [0.29, 0.717) is 11.5 Å². The molecule has 162 valence electrons. The first-order chi connectivity index (χ1) is 14.5. The number of benzene rings is 2. The molecule has 2 heterocycles. The minimum absolute atomic E-state index is 0.0424. The monoisotopic (exact) mass is 406 g/mol. The Hall–Kier alpha value is -1.38. The zero-order chi connectivity index (χ0) is 20.8. The van der Waals surface area contributed by atoms with Crippen LogP contribution in [-0.4, -0.2) is 35.3 Å². The fourth-order valence-corrected chi connectivity index (χ4v) is 7.96. The van der Waals surface area contributed by atoms with E-state index in [1.54, 1.807) is 0 Å². The molecule has 1 saturated carbocycles. The van der Waals surface area contributed by atoms with Gasteiger partial charge in [-0.05, 0) is 43.9 Å². The average Bonchev–Trinajstić information content (AvgIpc) is 3.29. The summed E-state index contributed by atoms with van der Waals surface area (Å²) < 4.78 is 8.06. The highest BCUT2D eigenvalue weighted by Gasteiger charge is 2.74. The van der Waals surface area contributed by atoms with Crippen LogP contribution in [0.15, 0.2) is 42.5 Å². The van der Waals surface area contributed by atoms with Crippen LogP contribution >= 0.6 is 0 Å². The molecule has 0 unspecified atom stereocenters. The topological polar surface area (TPSA) is 9.23 Å². The van der Waals surface area contributed by atoms with E-state index in [1.165, 1.54) is 85.4 Å². The number of hydrogen-bond acceptors (Lipinski definition) is 1. The molecule has 0 radical (unpaired) electrons. The molecule has 0 aromatic heterocycles. The second-order valence-electron chi connectivity index (χ2n) is 10.9. The van der Waals surface area contributed by atoms with E-state index in [1.807, 2.05) is 0 Å². The maximum Gasteiger partial charge on any atom is 0.123 e. The van der Waals surface area contributed by atoms with Crippen molar-refractivity contribution in [2.45, 2.75) is 83.4 Å². The van der Waals surface area contributed by atoms with Crippen molar-refractivity contribution in [1.29, 1.82) is 0 Å². The van der Waals surface area contributed by atoms with Crippen molar-refractivity contribution in [2.24, 2.45) is 11.8 Å². The predicted octanol–water partition coefficient (Wildman–Crippen LogP) is 6.71. The number of unbranched alkanes of at least 4 members (excludes halogenated alkanes) is 3. The zero-order valence-electron chi connectivity index (χ0n) is 19.3. The Morgan fingerprint density at radius 2 is 1.80 bits per heavy atom. The maximum absolute atomic E-state index is 6.80. The molecule has 0 N–H and O–H groups in total. The van der Waals surface area contributed by atoms with Gasteiger partial charge in [0.2, 0.25) is 0 Å². The van der Waals surface area contributed by atoms with Gasteiger partial charge < -0.3 is 9.22 Å². The molecule has 0 spiro atoms. The average molecular weight is 407 g/mol. The Bertz CT molecular complexity index is 903. The molecule has 3 aliphatic rings. The molecule has 2 aromatic rings. The molecular weight excluding hydrogens is 366 g/mol. The lowest BCUT2D eigenvalue weighted by atomic mass is 9.78. The quantitative estimate of drug-likeness (QED) is 0.349. The minimum Gasteiger partial charge on any atom is -0.369 e. The van der Waals surface area contributed by atoms with Crippen LogP contribution in [0.1, 0.15) is 71.3 Å². The van der Waals surface area contributed by atoms with E-state index < -0.39 is 0 Å². The number of ether oxygens (including phenoxy) is 1. The highest BCUT2D eigenvalue weighted by atomic mass is 16.5. The third-order valence-electron chi connectivity index (χ3n) is 9.40. The van der Waals surface area contributed by atoms with Crippen molar-refractivity contribution in [3.05, 3.63) is 48.0 Å². The molecule has 2 heteroatoms. The van der Waals surface area contributed by atoms with Crippen molar-refractivity contribution >= 4 is 10.8 Å². The number of quaternary nitrogens is 1.